The Balaban J connectivity index is 1.91. The van der Waals surface area contributed by atoms with Gasteiger partial charge >= 0.3 is 12.6 Å². The number of alkyl halides is 2. The van der Waals surface area contributed by atoms with Crippen molar-refractivity contribution in [2.75, 3.05) is 12.8 Å². The lowest BCUT2D eigenvalue weighted by Crippen LogP contribution is -2.23. The number of para-hydroxylation sites is 1. The van der Waals surface area contributed by atoms with Crippen molar-refractivity contribution in [3.05, 3.63) is 51.7 Å². The zero-order chi connectivity index (χ0) is 19.2. The molecule has 1 aromatic carbocycles. The third-order valence-corrected chi connectivity index (χ3v) is 5.00. The van der Waals surface area contributed by atoms with Gasteiger partial charge in [0.1, 0.15) is 17.2 Å². The Morgan fingerprint density at radius 3 is 2.65 bits per heavy atom. The minimum absolute atomic E-state index is 0.0472. The summed E-state index contributed by atoms with van der Waals surface area (Å²) in [6, 6.07) is 9.34. The number of carbonyl (C=O) groups is 1. The third-order valence-electron chi connectivity index (χ3n) is 3.15. The SMILES string of the molecule is CS(=O)(=O)NCCc1ccc(C(=O)OCc2ccccc2OC(F)F)s1. The Bertz CT molecular complexity index is 852. The van der Waals surface area contributed by atoms with Crippen LogP contribution in [0.5, 0.6) is 5.75 Å². The van der Waals surface area contributed by atoms with E-state index in [1.54, 1.807) is 24.3 Å². The van der Waals surface area contributed by atoms with Crippen LogP contribution in [-0.2, 0) is 27.8 Å². The molecule has 0 radical (unpaired) electrons. The number of ether oxygens (including phenoxy) is 2. The summed E-state index contributed by atoms with van der Waals surface area (Å²) in [5, 5.41) is 0. The quantitative estimate of drug-likeness (QED) is 0.649. The van der Waals surface area contributed by atoms with Gasteiger partial charge in [-0.2, -0.15) is 8.78 Å². The molecule has 0 spiro atoms. The Kier molecular flexibility index (Phi) is 7.06. The lowest BCUT2D eigenvalue weighted by molar-refractivity contribution is -0.0510. The largest absolute Gasteiger partial charge is 0.456 e. The topological polar surface area (TPSA) is 81.7 Å². The average Bonchev–Trinajstić information content (AvgIpc) is 3.01. The molecule has 1 N–H and O–H groups in total. The minimum Gasteiger partial charge on any atom is -0.456 e. The number of hydrogen-bond donors (Lipinski definition) is 1. The van der Waals surface area contributed by atoms with Crippen LogP contribution in [0.3, 0.4) is 0 Å². The lowest BCUT2D eigenvalue weighted by Gasteiger charge is -2.10. The van der Waals surface area contributed by atoms with Crippen LogP contribution in [0.15, 0.2) is 36.4 Å². The van der Waals surface area contributed by atoms with Crippen LogP contribution in [0.25, 0.3) is 0 Å². The fourth-order valence-electron chi connectivity index (χ4n) is 2.03. The first kappa shape index (κ1) is 20.3. The second kappa shape index (κ2) is 9.06. The lowest BCUT2D eigenvalue weighted by atomic mass is 10.2. The Morgan fingerprint density at radius 1 is 1.23 bits per heavy atom. The number of halogens is 2. The molecule has 26 heavy (non-hydrogen) atoms. The van der Waals surface area contributed by atoms with Gasteiger partial charge in [0, 0.05) is 17.0 Å². The molecule has 1 aromatic heterocycles. The van der Waals surface area contributed by atoms with Crippen LogP contribution >= 0.6 is 11.3 Å². The Hall–Kier alpha value is -2.04. The molecule has 0 atom stereocenters. The predicted octanol–water partition coefficient (Wildman–Crippen LogP) is 2.80. The molecule has 0 unspecified atom stereocenters. The van der Waals surface area contributed by atoms with Gasteiger partial charge < -0.3 is 9.47 Å². The number of nitrogens with one attached hydrogen (secondary N) is 1. The normalized spacial score (nSPS) is 11.5. The molecule has 0 fully saturated rings. The average molecular weight is 405 g/mol. The van der Waals surface area contributed by atoms with Crippen molar-refractivity contribution in [2.24, 2.45) is 0 Å². The summed E-state index contributed by atoms with van der Waals surface area (Å²) in [7, 11) is -3.26. The molecule has 6 nitrogen and oxygen atoms in total. The number of sulfonamides is 1. The van der Waals surface area contributed by atoms with Crippen LogP contribution in [0.2, 0.25) is 0 Å². The highest BCUT2D eigenvalue weighted by atomic mass is 32.2. The summed E-state index contributed by atoms with van der Waals surface area (Å²) >= 11 is 1.18. The van der Waals surface area contributed by atoms with Crippen molar-refractivity contribution in [3.8, 4) is 5.75 Å². The Morgan fingerprint density at radius 2 is 1.96 bits per heavy atom. The highest BCUT2D eigenvalue weighted by Crippen LogP contribution is 2.23. The molecule has 142 valence electrons. The molecule has 0 bridgehead atoms. The number of hydrogen-bond acceptors (Lipinski definition) is 6. The number of esters is 1. The molecular formula is C16H17F2NO5S2. The summed E-state index contributed by atoms with van der Waals surface area (Å²) < 4.78 is 58.7. The van der Waals surface area contributed by atoms with E-state index in [0.717, 1.165) is 11.1 Å². The summed E-state index contributed by atoms with van der Waals surface area (Å²) in [5.41, 5.74) is 0.329. The number of benzene rings is 1. The molecular weight excluding hydrogens is 388 g/mol. The van der Waals surface area contributed by atoms with Crippen LogP contribution < -0.4 is 9.46 Å². The van der Waals surface area contributed by atoms with Gasteiger partial charge in [-0.05, 0) is 24.6 Å². The second-order valence-corrected chi connectivity index (χ2v) is 8.25. The van der Waals surface area contributed by atoms with Crippen LogP contribution in [0.4, 0.5) is 8.78 Å². The van der Waals surface area contributed by atoms with Gasteiger partial charge in [-0.25, -0.2) is 17.9 Å². The van der Waals surface area contributed by atoms with Gasteiger partial charge in [0.25, 0.3) is 0 Å². The molecule has 0 saturated carbocycles. The van der Waals surface area contributed by atoms with Gasteiger partial charge in [-0.3, -0.25) is 0 Å². The highest BCUT2D eigenvalue weighted by Gasteiger charge is 2.14. The molecule has 0 aliphatic heterocycles. The van der Waals surface area contributed by atoms with Crippen molar-refractivity contribution in [3.63, 3.8) is 0 Å². The van der Waals surface area contributed by atoms with Crippen LogP contribution in [0.1, 0.15) is 20.1 Å². The van der Waals surface area contributed by atoms with Gasteiger partial charge in [-0.1, -0.05) is 18.2 Å². The fourth-order valence-corrected chi connectivity index (χ4v) is 3.40. The molecule has 2 rings (SSSR count). The van der Waals surface area contributed by atoms with E-state index in [1.165, 1.54) is 23.5 Å². The molecule has 0 aliphatic rings. The maximum absolute atomic E-state index is 12.4. The predicted molar refractivity (Wildman–Crippen MR) is 93.1 cm³/mol. The fraction of sp³-hybridized carbons (Fsp3) is 0.312. The molecule has 0 saturated heterocycles. The minimum atomic E-state index is -3.26. The maximum Gasteiger partial charge on any atom is 0.387 e. The highest BCUT2D eigenvalue weighted by molar-refractivity contribution is 7.88. The van der Waals surface area contributed by atoms with Gasteiger partial charge in [0.15, 0.2) is 0 Å². The van der Waals surface area contributed by atoms with E-state index in [-0.39, 0.29) is 18.9 Å². The first-order chi connectivity index (χ1) is 12.2. The standard InChI is InChI=1S/C16H17F2NO5S2/c1-26(21,22)19-9-8-12-6-7-14(25-12)15(20)23-10-11-4-2-3-5-13(11)24-16(17)18/h2-7,16,19H,8-10H2,1H3. The van der Waals surface area contributed by atoms with Gasteiger partial charge in [-0.15, -0.1) is 11.3 Å². The second-order valence-electron chi connectivity index (χ2n) is 5.24. The first-order valence-electron chi connectivity index (χ1n) is 7.48. The van der Waals surface area contributed by atoms with Crippen molar-refractivity contribution in [1.82, 2.24) is 4.72 Å². The number of rotatable bonds is 9. The smallest absolute Gasteiger partial charge is 0.387 e. The van der Waals surface area contributed by atoms with Gasteiger partial charge in [0.2, 0.25) is 10.0 Å². The number of thiophene rings is 1. The van der Waals surface area contributed by atoms with E-state index < -0.39 is 22.6 Å². The van der Waals surface area contributed by atoms with Gasteiger partial charge in [0.05, 0.1) is 6.26 Å². The maximum atomic E-state index is 12.4. The third kappa shape index (κ3) is 6.70. The molecule has 0 amide bonds. The van der Waals surface area contributed by atoms with Crippen molar-refractivity contribution < 1.29 is 31.5 Å². The van der Waals surface area contributed by atoms with E-state index in [0.29, 0.717) is 16.9 Å². The molecule has 2 aromatic rings. The van der Waals surface area contributed by atoms with Crippen molar-refractivity contribution >= 4 is 27.3 Å². The Labute approximate surface area is 153 Å². The van der Waals surface area contributed by atoms with Crippen LogP contribution in [0, 0.1) is 0 Å². The van der Waals surface area contributed by atoms with E-state index >= 15 is 0 Å². The number of carbonyl (C=O) groups excluding carboxylic acids is 1. The van der Waals surface area contributed by atoms with Crippen molar-refractivity contribution in [2.45, 2.75) is 19.6 Å². The monoisotopic (exact) mass is 405 g/mol. The molecule has 0 aliphatic carbocycles. The van der Waals surface area contributed by atoms with Crippen LogP contribution in [-0.4, -0.2) is 33.8 Å². The zero-order valence-corrected chi connectivity index (χ0v) is 15.4. The summed E-state index contributed by atoms with van der Waals surface area (Å²) in [6.07, 6.45) is 1.51. The summed E-state index contributed by atoms with van der Waals surface area (Å²) in [6.45, 7) is -2.94. The molecule has 1 heterocycles. The van der Waals surface area contributed by atoms with E-state index in [2.05, 4.69) is 9.46 Å². The summed E-state index contributed by atoms with van der Waals surface area (Å²) in [4.78, 5) is 13.2. The molecule has 10 heteroatoms. The van der Waals surface area contributed by atoms with E-state index in [9.17, 15) is 22.0 Å². The zero-order valence-electron chi connectivity index (χ0n) is 13.8. The summed E-state index contributed by atoms with van der Waals surface area (Å²) in [5.74, 6) is -0.641. The first-order valence-corrected chi connectivity index (χ1v) is 10.2. The van der Waals surface area contributed by atoms with Crippen molar-refractivity contribution in [1.29, 1.82) is 0 Å². The van der Waals surface area contributed by atoms with E-state index in [4.69, 9.17) is 4.74 Å². The van der Waals surface area contributed by atoms with E-state index in [1.807, 2.05) is 0 Å².